The molecule has 106 valence electrons. The van der Waals surface area contributed by atoms with Gasteiger partial charge in [-0.15, -0.1) is 0 Å². The van der Waals surface area contributed by atoms with E-state index in [0.717, 1.165) is 24.2 Å². The Morgan fingerprint density at radius 1 is 1.30 bits per heavy atom. The number of hydrogen-bond acceptors (Lipinski definition) is 4. The molecule has 6 heteroatoms. The van der Waals surface area contributed by atoms with Crippen molar-refractivity contribution in [3.8, 4) is 0 Å². The monoisotopic (exact) mass is 274 g/mol. The third kappa shape index (κ3) is 3.42. The van der Waals surface area contributed by atoms with Crippen LogP contribution < -0.4 is 5.32 Å². The lowest BCUT2D eigenvalue weighted by Crippen LogP contribution is -2.13. The molecule has 2 rings (SSSR count). The number of rotatable bonds is 6. The fourth-order valence-corrected chi connectivity index (χ4v) is 2.11. The van der Waals surface area contributed by atoms with Crippen LogP contribution in [0.15, 0.2) is 30.5 Å². The van der Waals surface area contributed by atoms with E-state index in [-0.39, 0.29) is 10.6 Å². The average molecular weight is 274 g/mol. The first kappa shape index (κ1) is 14.2. The zero-order valence-electron chi connectivity index (χ0n) is 11.7. The van der Waals surface area contributed by atoms with Gasteiger partial charge in [0.05, 0.1) is 10.6 Å². The fourth-order valence-electron chi connectivity index (χ4n) is 2.11. The maximum Gasteiger partial charge on any atom is 0.269 e. The van der Waals surface area contributed by atoms with Gasteiger partial charge in [0.2, 0.25) is 0 Å². The summed E-state index contributed by atoms with van der Waals surface area (Å²) < 4.78 is 1.82. The Hall–Kier alpha value is -2.21. The van der Waals surface area contributed by atoms with Gasteiger partial charge in [0, 0.05) is 44.0 Å². The van der Waals surface area contributed by atoms with Gasteiger partial charge in [-0.05, 0) is 12.0 Å². The topological polar surface area (TPSA) is 73.0 Å². The van der Waals surface area contributed by atoms with Crippen molar-refractivity contribution >= 4 is 5.69 Å². The smallest absolute Gasteiger partial charge is 0.269 e. The van der Waals surface area contributed by atoms with Gasteiger partial charge in [-0.1, -0.05) is 19.1 Å². The van der Waals surface area contributed by atoms with Gasteiger partial charge in [0.1, 0.15) is 0 Å². The second-order valence-corrected chi connectivity index (χ2v) is 4.66. The molecule has 1 heterocycles. The van der Waals surface area contributed by atoms with Crippen molar-refractivity contribution in [2.45, 2.75) is 26.4 Å². The van der Waals surface area contributed by atoms with E-state index in [0.29, 0.717) is 6.54 Å². The number of non-ortho nitro benzene ring substituents is 1. The van der Waals surface area contributed by atoms with Gasteiger partial charge in [-0.3, -0.25) is 14.8 Å². The summed E-state index contributed by atoms with van der Waals surface area (Å²) >= 11 is 0. The number of nitrogens with one attached hydrogen (secondary N) is 1. The molecule has 0 saturated heterocycles. The minimum absolute atomic E-state index is 0.120. The summed E-state index contributed by atoms with van der Waals surface area (Å²) in [5, 5.41) is 18.3. The van der Waals surface area contributed by atoms with Crippen molar-refractivity contribution in [2.75, 3.05) is 0 Å². The molecule has 0 spiro atoms. The van der Waals surface area contributed by atoms with Crippen LogP contribution in [0.25, 0.3) is 0 Å². The third-order valence-corrected chi connectivity index (χ3v) is 3.12. The first-order valence-corrected chi connectivity index (χ1v) is 6.55. The van der Waals surface area contributed by atoms with Gasteiger partial charge in [-0.25, -0.2) is 0 Å². The van der Waals surface area contributed by atoms with E-state index in [4.69, 9.17) is 0 Å². The lowest BCUT2D eigenvalue weighted by atomic mass is 10.2. The van der Waals surface area contributed by atoms with Crippen molar-refractivity contribution in [1.29, 1.82) is 0 Å². The standard InChI is InChI=1S/C14H18N4O2/c1-3-14-12(10-17(2)16-14)9-15-8-11-4-6-13(7-5-11)18(19)20/h4-7,10,15H,3,8-9H2,1-2H3. The summed E-state index contributed by atoms with van der Waals surface area (Å²) in [5.74, 6) is 0. The number of hydrogen-bond donors (Lipinski definition) is 1. The first-order valence-electron chi connectivity index (χ1n) is 6.55. The molecule has 1 N–H and O–H groups in total. The fraction of sp³-hybridized carbons (Fsp3) is 0.357. The summed E-state index contributed by atoms with van der Waals surface area (Å²) in [5.41, 5.74) is 3.44. The second-order valence-electron chi connectivity index (χ2n) is 4.66. The Kier molecular flexibility index (Phi) is 4.47. The van der Waals surface area contributed by atoms with Crippen molar-refractivity contribution in [2.24, 2.45) is 7.05 Å². The second kappa shape index (κ2) is 6.29. The Balaban J connectivity index is 1.90. The summed E-state index contributed by atoms with van der Waals surface area (Å²) in [6, 6.07) is 6.60. The van der Waals surface area contributed by atoms with Crippen LogP contribution in [-0.2, 0) is 26.6 Å². The summed E-state index contributed by atoms with van der Waals surface area (Å²) in [4.78, 5) is 10.2. The summed E-state index contributed by atoms with van der Waals surface area (Å²) in [6.07, 6.45) is 2.93. The molecule has 0 aliphatic rings. The van der Waals surface area contributed by atoms with E-state index < -0.39 is 0 Å². The molecule has 20 heavy (non-hydrogen) atoms. The van der Waals surface area contributed by atoms with Gasteiger partial charge >= 0.3 is 0 Å². The molecular weight excluding hydrogens is 256 g/mol. The van der Waals surface area contributed by atoms with Crippen molar-refractivity contribution in [1.82, 2.24) is 15.1 Å². The highest BCUT2D eigenvalue weighted by Gasteiger charge is 2.06. The molecule has 0 bridgehead atoms. The summed E-state index contributed by atoms with van der Waals surface area (Å²) in [6.45, 7) is 3.51. The number of nitro benzene ring substituents is 1. The minimum atomic E-state index is -0.389. The molecule has 0 atom stereocenters. The molecule has 0 unspecified atom stereocenters. The van der Waals surface area contributed by atoms with Crippen molar-refractivity contribution in [3.05, 3.63) is 57.4 Å². The van der Waals surface area contributed by atoms with Crippen molar-refractivity contribution in [3.63, 3.8) is 0 Å². The van der Waals surface area contributed by atoms with E-state index in [9.17, 15) is 10.1 Å². The molecule has 0 aliphatic heterocycles. The van der Waals surface area contributed by atoms with Crippen LogP contribution in [0, 0.1) is 10.1 Å². The summed E-state index contributed by atoms with van der Waals surface area (Å²) in [7, 11) is 1.92. The molecule has 0 radical (unpaired) electrons. The van der Waals surface area contributed by atoms with Gasteiger partial charge < -0.3 is 5.32 Å². The zero-order chi connectivity index (χ0) is 14.5. The molecule has 6 nitrogen and oxygen atoms in total. The Labute approximate surface area is 117 Å². The molecule has 0 amide bonds. The van der Waals surface area contributed by atoms with E-state index >= 15 is 0 Å². The van der Waals surface area contributed by atoms with E-state index in [1.165, 1.54) is 17.7 Å². The minimum Gasteiger partial charge on any atom is -0.308 e. The Morgan fingerprint density at radius 3 is 2.60 bits per heavy atom. The van der Waals surface area contributed by atoms with Gasteiger partial charge in [0.25, 0.3) is 5.69 Å². The molecule has 0 fully saturated rings. The van der Waals surface area contributed by atoms with Crippen LogP contribution in [0.2, 0.25) is 0 Å². The highest BCUT2D eigenvalue weighted by atomic mass is 16.6. The lowest BCUT2D eigenvalue weighted by molar-refractivity contribution is -0.384. The van der Waals surface area contributed by atoms with Crippen molar-refractivity contribution < 1.29 is 4.92 Å². The number of benzene rings is 1. The highest BCUT2D eigenvalue weighted by Crippen LogP contribution is 2.12. The van der Waals surface area contributed by atoms with Gasteiger partial charge in [-0.2, -0.15) is 5.10 Å². The van der Waals surface area contributed by atoms with Crippen LogP contribution in [0.5, 0.6) is 0 Å². The third-order valence-electron chi connectivity index (χ3n) is 3.12. The maximum absolute atomic E-state index is 10.6. The first-order chi connectivity index (χ1) is 9.60. The predicted octanol–water partition coefficient (Wildman–Crippen LogP) is 2.18. The quantitative estimate of drug-likeness (QED) is 0.647. The van der Waals surface area contributed by atoms with E-state index in [1.54, 1.807) is 12.1 Å². The number of nitrogens with zero attached hydrogens (tertiary/aromatic N) is 3. The molecular formula is C14H18N4O2. The van der Waals surface area contributed by atoms with Crippen LogP contribution >= 0.6 is 0 Å². The van der Waals surface area contributed by atoms with Crippen LogP contribution in [0.1, 0.15) is 23.7 Å². The number of aromatic nitrogens is 2. The average Bonchev–Trinajstić information content (AvgIpc) is 2.79. The SMILES string of the molecule is CCc1nn(C)cc1CNCc1ccc([N+](=O)[O-])cc1. The normalized spacial score (nSPS) is 10.7. The van der Waals surface area contributed by atoms with Crippen LogP contribution in [0.3, 0.4) is 0 Å². The van der Waals surface area contributed by atoms with E-state index in [1.807, 2.05) is 17.9 Å². The molecule has 0 saturated carbocycles. The van der Waals surface area contributed by atoms with Gasteiger partial charge in [0.15, 0.2) is 0 Å². The largest absolute Gasteiger partial charge is 0.308 e. The maximum atomic E-state index is 10.6. The van der Waals surface area contributed by atoms with Crippen LogP contribution in [-0.4, -0.2) is 14.7 Å². The Morgan fingerprint density at radius 2 is 2.00 bits per heavy atom. The molecule has 2 aromatic rings. The molecule has 1 aromatic carbocycles. The number of nitro groups is 1. The lowest BCUT2D eigenvalue weighted by Gasteiger charge is -2.04. The highest BCUT2D eigenvalue weighted by molar-refractivity contribution is 5.32. The predicted molar refractivity (Wildman–Crippen MR) is 76.2 cm³/mol. The Bertz CT molecular complexity index is 590. The molecule has 0 aliphatic carbocycles. The van der Waals surface area contributed by atoms with E-state index in [2.05, 4.69) is 17.3 Å². The molecule has 1 aromatic heterocycles. The number of aryl methyl sites for hydroxylation is 2. The van der Waals surface area contributed by atoms with Crippen LogP contribution in [0.4, 0.5) is 5.69 Å². The zero-order valence-corrected chi connectivity index (χ0v) is 11.7.